The van der Waals surface area contributed by atoms with Gasteiger partial charge >= 0.3 is 0 Å². The van der Waals surface area contributed by atoms with Crippen LogP contribution in [0.1, 0.15) is 31.0 Å². The molecular formula is C15H24N2O3. The molecule has 2 atom stereocenters. The highest BCUT2D eigenvalue weighted by Gasteiger charge is 2.11. The zero-order valence-corrected chi connectivity index (χ0v) is 12.6. The summed E-state index contributed by atoms with van der Waals surface area (Å²) in [7, 11) is 1.60. The van der Waals surface area contributed by atoms with E-state index >= 15 is 0 Å². The number of ether oxygens (including phenoxy) is 2. The summed E-state index contributed by atoms with van der Waals surface area (Å²) in [6, 6.07) is 5.63. The van der Waals surface area contributed by atoms with Crippen molar-refractivity contribution >= 4 is 5.91 Å². The topological polar surface area (TPSA) is 73.6 Å². The molecule has 20 heavy (non-hydrogen) atoms. The summed E-state index contributed by atoms with van der Waals surface area (Å²) in [6.07, 6.45) is 0. The van der Waals surface area contributed by atoms with Crippen molar-refractivity contribution in [2.24, 2.45) is 5.73 Å². The van der Waals surface area contributed by atoms with Crippen LogP contribution in [0.15, 0.2) is 18.2 Å². The predicted octanol–water partition coefficient (Wildman–Crippen LogP) is 1.54. The van der Waals surface area contributed by atoms with Gasteiger partial charge in [-0.05, 0) is 32.4 Å². The number of amides is 1. The molecule has 0 heterocycles. The fraction of sp³-hybridized carbons (Fsp3) is 0.533. The third kappa shape index (κ3) is 5.19. The van der Waals surface area contributed by atoms with Crippen molar-refractivity contribution in [3.05, 3.63) is 29.3 Å². The third-order valence-corrected chi connectivity index (χ3v) is 2.84. The van der Waals surface area contributed by atoms with Crippen molar-refractivity contribution in [1.82, 2.24) is 5.32 Å². The van der Waals surface area contributed by atoms with Gasteiger partial charge in [-0.15, -0.1) is 0 Å². The first-order valence-corrected chi connectivity index (χ1v) is 6.71. The first-order valence-electron chi connectivity index (χ1n) is 6.71. The van der Waals surface area contributed by atoms with E-state index in [9.17, 15) is 4.79 Å². The number of aryl methyl sites for hydroxylation is 1. The van der Waals surface area contributed by atoms with Gasteiger partial charge in [-0.1, -0.05) is 12.1 Å². The Morgan fingerprint density at radius 1 is 1.40 bits per heavy atom. The zero-order valence-electron chi connectivity index (χ0n) is 12.6. The molecule has 1 aromatic rings. The second-order valence-corrected chi connectivity index (χ2v) is 5.04. The quantitative estimate of drug-likeness (QED) is 0.794. The lowest BCUT2D eigenvalue weighted by Crippen LogP contribution is -2.38. The van der Waals surface area contributed by atoms with Gasteiger partial charge in [0.1, 0.15) is 5.75 Å². The largest absolute Gasteiger partial charge is 0.483 e. The smallest absolute Gasteiger partial charge is 0.258 e. The minimum atomic E-state index is -0.174. The van der Waals surface area contributed by atoms with E-state index in [0.29, 0.717) is 12.4 Å². The van der Waals surface area contributed by atoms with Gasteiger partial charge in [-0.2, -0.15) is 0 Å². The average Bonchev–Trinajstić information content (AvgIpc) is 2.36. The van der Waals surface area contributed by atoms with Crippen LogP contribution in [0.5, 0.6) is 5.75 Å². The molecule has 0 saturated heterocycles. The zero-order chi connectivity index (χ0) is 15.1. The van der Waals surface area contributed by atoms with Gasteiger partial charge < -0.3 is 20.5 Å². The molecule has 0 aliphatic rings. The molecule has 0 bridgehead atoms. The Morgan fingerprint density at radius 3 is 2.70 bits per heavy atom. The number of nitrogens with two attached hydrogens (primary N) is 1. The number of hydrogen-bond donors (Lipinski definition) is 2. The normalized spacial score (nSPS) is 13.7. The lowest BCUT2D eigenvalue weighted by molar-refractivity contribution is -0.124. The van der Waals surface area contributed by atoms with E-state index in [2.05, 4.69) is 5.32 Å². The molecule has 0 aromatic heterocycles. The highest BCUT2D eigenvalue weighted by atomic mass is 16.5. The van der Waals surface area contributed by atoms with E-state index < -0.39 is 0 Å². The van der Waals surface area contributed by atoms with Gasteiger partial charge in [0.15, 0.2) is 6.61 Å². The molecule has 3 N–H and O–H groups in total. The fourth-order valence-corrected chi connectivity index (χ4v) is 1.89. The maximum atomic E-state index is 11.7. The summed E-state index contributed by atoms with van der Waals surface area (Å²) < 4.78 is 10.5. The molecule has 0 aliphatic carbocycles. The van der Waals surface area contributed by atoms with E-state index in [1.807, 2.05) is 39.0 Å². The fourth-order valence-electron chi connectivity index (χ4n) is 1.89. The summed E-state index contributed by atoms with van der Waals surface area (Å²) in [6.45, 7) is 6.18. The van der Waals surface area contributed by atoms with E-state index in [1.54, 1.807) is 7.11 Å². The molecule has 0 spiro atoms. The summed E-state index contributed by atoms with van der Waals surface area (Å²) in [4.78, 5) is 11.7. The highest BCUT2D eigenvalue weighted by molar-refractivity contribution is 5.77. The van der Waals surface area contributed by atoms with Crippen LogP contribution in [0.2, 0.25) is 0 Å². The second kappa shape index (κ2) is 7.87. The monoisotopic (exact) mass is 280 g/mol. The number of carbonyl (C=O) groups excluding carboxylic acids is 1. The number of hydrogen-bond acceptors (Lipinski definition) is 4. The first kappa shape index (κ1) is 16.5. The molecule has 5 nitrogen and oxygen atoms in total. The average molecular weight is 280 g/mol. The minimum Gasteiger partial charge on any atom is -0.483 e. The van der Waals surface area contributed by atoms with Crippen LogP contribution < -0.4 is 15.8 Å². The molecule has 5 heteroatoms. The van der Waals surface area contributed by atoms with Crippen molar-refractivity contribution < 1.29 is 14.3 Å². The Kier molecular flexibility index (Phi) is 6.48. The van der Waals surface area contributed by atoms with E-state index in [4.69, 9.17) is 15.2 Å². The standard InChI is InChI=1S/C15H24N2O3/c1-10-5-6-13(12(3)16)14(7-10)20-9-15(18)17-11(2)8-19-4/h5-7,11-12H,8-9,16H2,1-4H3,(H,17,18)/t11?,12-/m0/s1. The second-order valence-electron chi connectivity index (χ2n) is 5.04. The van der Waals surface area contributed by atoms with Crippen LogP contribution in [-0.2, 0) is 9.53 Å². The van der Waals surface area contributed by atoms with E-state index in [0.717, 1.165) is 11.1 Å². The van der Waals surface area contributed by atoms with Gasteiger partial charge in [-0.25, -0.2) is 0 Å². The molecular weight excluding hydrogens is 256 g/mol. The number of rotatable bonds is 7. The van der Waals surface area contributed by atoms with Crippen LogP contribution in [0.4, 0.5) is 0 Å². The van der Waals surface area contributed by atoms with Crippen molar-refractivity contribution in [3.63, 3.8) is 0 Å². The van der Waals surface area contributed by atoms with E-state index in [1.165, 1.54) is 0 Å². The maximum absolute atomic E-state index is 11.7. The predicted molar refractivity (Wildman–Crippen MR) is 78.8 cm³/mol. The molecule has 1 aromatic carbocycles. The molecule has 1 rings (SSSR count). The highest BCUT2D eigenvalue weighted by Crippen LogP contribution is 2.24. The van der Waals surface area contributed by atoms with Gasteiger partial charge in [0.05, 0.1) is 6.61 Å². The van der Waals surface area contributed by atoms with Crippen LogP contribution in [-0.4, -0.2) is 32.3 Å². The summed E-state index contributed by atoms with van der Waals surface area (Å²) in [5.74, 6) is 0.487. The van der Waals surface area contributed by atoms with Crippen LogP contribution in [0.3, 0.4) is 0 Å². The summed E-state index contributed by atoms with van der Waals surface area (Å²) >= 11 is 0. The molecule has 1 amide bonds. The van der Waals surface area contributed by atoms with Crippen molar-refractivity contribution in [3.8, 4) is 5.75 Å². The van der Waals surface area contributed by atoms with Crippen molar-refractivity contribution in [2.75, 3.05) is 20.3 Å². The molecule has 0 fully saturated rings. The number of benzene rings is 1. The first-order chi connectivity index (χ1) is 9.43. The third-order valence-electron chi connectivity index (χ3n) is 2.84. The van der Waals surface area contributed by atoms with Crippen molar-refractivity contribution in [2.45, 2.75) is 32.9 Å². The Morgan fingerprint density at radius 2 is 2.10 bits per heavy atom. The van der Waals surface area contributed by atoms with E-state index in [-0.39, 0.29) is 24.6 Å². The van der Waals surface area contributed by atoms with Crippen LogP contribution >= 0.6 is 0 Å². The number of methoxy groups -OCH3 is 1. The molecule has 0 radical (unpaired) electrons. The Hall–Kier alpha value is -1.59. The Bertz CT molecular complexity index is 447. The van der Waals surface area contributed by atoms with Gasteiger partial charge in [-0.3, -0.25) is 4.79 Å². The van der Waals surface area contributed by atoms with Crippen LogP contribution in [0, 0.1) is 6.92 Å². The molecule has 112 valence electrons. The lowest BCUT2D eigenvalue weighted by atomic mass is 10.1. The van der Waals surface area contributed by atoms with Crippen LogP contribution in [0.25, 0.3) is 0 Å². The maximum Gasteiger partial charge on any atom is 0.258 e. The minimum absolute atomic E-state index is 0.0305. The summed E-state index contributed by atoms with van der Waals surface area (Å²) in [5.41, 5.74) is 7.86. The Balaban J connectivity index is 2.61. The SMILES string of the molecule is COCC(C)NC(=O)COc1cc(C)ccc1[C@H](C)N. The summed E-state index contributed by atoms with van der Waals surface area (Å²) in [5, 5.41) is 2.79. The van der Waals surface area contributed by atoms with Crippen molar-refractivity contribution in [1.29, 1.82) is 0 Å². The van der Waals surface area contributed by atoms with Gasteiger partial charge in [0, 0.05) is 24.8 Å². The molecule has 0 aliphatic heterocycles. The van der Waals surface area contributed by atoms with Gasteiger partial charge in [0.25, 0.3) is 5.91 Å². The lowest BCUT2D eigenvalue weighted by Gasteiger charge is -2.16. The number of nitrogens with one attached hydrogen (secondary N) is 1. The number of carbonyl (C=O) groups is 1. The molecule has 1 unspecified atom stereocenters. The molecule has 0 saturated carbocycles. The Labute approximate surface area is 120 Å². The van der Waals surface area contributed by atoms with Gasteiger partial charge in [0.2, 0.25) is 0 Å².